The largest absolute Gasteiger partial charge is 0.450 e. The Morgan fingerprint density at radius 2 is 2.33 bits per heavy atom. The Kier molecular flexibility index (Phi) is 4.35. The molecule has 0 radical (unpaired) electrons. The minimum Gasteiger partial charge on any atom is -0.450 e. The summed E-state index contributed by atoms with van der Waals surface area (Å²) in [7, 11) is 0. The maximum Gasteiger partial charge on any atom is 0.407 e. The molecule has 0 aromatic rings. The second-order valence-corrected chi connectivity index (χ2v) is 3.97. The average Bonchev–Trinajstić information content (AvgIpc) is 2.52. The number of nitrogens with one attached hydrogen (secondary N) is 1. The van der Waals surface area contributed by atoms with Gasteiger partial charge in [0.25, 0.3) is 0 Å². The van der Waals surface area contributed by atoms with Crippen LogP contribution in [0.5, 0.6) is 0 Å². The van der Waals surface area contributed by atoms with Gasteiger partial charge in [0.05, 0.1) is 13.2 Å². The molecule has 1 N–H and O–H groups in total. The molecule has 15 heavy (non-hydrogen) atoms. The van der Waals surface area contributed by atoms with Gasteiger partial charge in [-0.3, -0.25) is 0 Å². The Morgan fingerprint density at radius 1 is 1.60 bits per heavy atom. The SMILES string of the molecule is CCCOC(=O)NCC1COC(C)(C)O1. The molecule has 1 fully saturated rings. The smallest absolute Gasteiger partial charge is 0.407 e. The van der Waals surface area contributed by atoms with Crippen molar-refractivity contribution in [2.45, 2.75) is 39.1 Å². The molecule has 1 saturated heterocycles. The second-order valence-electron chi connectivity index (χ2n) is 3.97. The number of hydrogen-bond donors (Lipinski definition) is 1. The van der Waals surface area contributed by atoms with Crippen molar-refractivity contribution in [2.24, 2.45) is 0 Å². The monoisotopic (exact) mass is 217 g/mol. The standard InChI is InChI=1S/C10H19NO4/c1-4-5-13-9(12)11-6-8-7-14-10(2,3)15-8/h8H,4-7H2,1-3H3,(H,11,12). The van der Waals surface area contributed by atoms with E-state index >= 15 is 0 Å². The molecule has 0 saturated carbocycles. The van der Waals surface area contributed by atoms with Crippen LogP contribution in [0.15, 0.2) is 0 Å². The number of alkyl carbamates (subject to hydrolysis) is 1. The summed E-state index contributed by atoms with van der Waals surface area (Å²) >= 11 is 0. The lowest BCUT2D eigenvalue weighted by atomic mass is 10.4. The van der Waals surface area contributed by atoms with Crippen molar-refractivity contribution in [1.82, 2.24) is 5.32 Å². The molecule has 1 unspecified atom stereocenters. The first-order valence-corrected chi connectivity index (χ1v) is 5.26. The number of hydrogen-bond acceptors (Lipinski definition) is 4. The molecule has 1 amide bonds. The summed E-state index contributed by atoms with van der Waals surface area (Å²) in [6.07, 6.45) is 0.336. The molecule has 1 rings (SSSR count). The molecule has 0 aromatic carbocycles. The number of amides is 1. The lowest BCUT2D eigenvalue weighted by Gasteiger charge is -2.17. The molecular formula is C10H19NO4. The summed E-state index contributed by atoms with van der Waals surface area (Å²) in [5.74, 6) is -0.542. The van der Waals surface area contributed by atoms with Crippen LogP contribution in [0.1, 0.15) is 27.2 Å². The van der Waals surface area contributed by atoms with Crippen molar-refractivity contribution in [3.8, 4) is 0 Å². The fraction of sp³-hybridized carbons (Fsp3) is 0.900. The van der Waals surface area contributed by atoms with Crippen LogP contribution in [-0.2, 0) is 14.2 Å². The third-order valence-electron chi connectivity index (χ3n) is 1.98. The summed E-state index contributed by atoms with van der Waals surface area (Å²) in [6, 6.07) is 0. The van der Waals surface area contributed by atoms with Crippen molar-refractivity contribution < 1.29 is 19.0 Å². The Bertz CT molecular complexity index is 217. The summed E-state index contributed by atoms with van der Waals surface area (Å²) in [4.78, 5) is 11.1. The summed E-state index contributed by atoms with van der Waals surface area (Å²) < 4.78 is 15.7. The first-order chi connectivity index (χ1) is 7.03. The van der Waals surface area contributed by atoms with E-state index < -0.39 is 11.9 Å². The summed E-state index contributed by atoms with van der Waals surface area (Å²) in [5.41, 5.74) is 0. The minimum atomic E-state index is -0.542. The van der Waals surface area contributed by atoms with Crippen LogP contribution in [0.2, 0.25) is 0 Å². The molecule has 1 aliphatic heterocycles. The van der Waals surface area contributed by atoms with Crippen LogP contribution in [0, 0.1) is 0 Å². The van der Waals surface area contributed by atoms with Gasteiger partial charge in [-0.05, 0) is 20.3 Å². The highest BCUT2D eigenvalue weighted by molar-refractivity contribution is 5.67. The lowest BCUT2D eigenvalue weighted by molar-refractivity contribution is -0.137. The molecule has 5 nitrogen and oxygen atoms in total. The van der Waals surface area contributed by atoms with Gasteiger partial charge in [-0.2, -0.15) is 0 Å². The molecule has 1 atom stereocenters. The predicted octanol–water partition coefficient (Wildman–Crippen LogP) is 1.27. The number of carbonyl (C=O) groups excluding carboxylic acids is 1. The Hall–Kier alpha value is -0.810. The van der Waals surface area contributed by atoms with E-state index in [9.17, 15) is 4.79 Å². The van der Waals surface area contributed by atoms with Gasteiger partial charge >= 0.3 is 6.09 Å². The van der Waals surface area contributed by atoms with Gasteiger partial charge in [0.15, 0.2) is 5.79 Å². The highest BCUT2D eigenvalue weighted by Gasteiger charge is 2.32. The van der Waals surface area contributed by atoms with E-state index in [2.05, 4.69) is 5.32 Å². The van der Waals surface area contributed by atoms with E-state index in [0.717, 1.165) is 6.42 Å². The summed E-state index contributed by atoms with van der Waals surface area (Å²) in [5, 5.41) is 2.63. The lowest BCUT2D eigenvalue weighted by Crippen LogP contribution is -2.34. The molecule has 0 aromatic heterocycles. The number of ether oxygens (including phenoxy) is 3. The molecule has 0 aliphatic carbocycles. The highest BCUT2D eigenvalue weighted by atomic mass is 16.7. The fourth-order valence-corrected chi connectivity index (χ4v) is 1.31. The predicted molar refractivity (Wildman–Crippen MR) is 54.5 cm³/mol. The van der Waals surface area contributed by atoms with Crippen molar-refractivity contribution >= 4 is 6.09 Å². The van der Waals surface area contributed by atoms with Crippen LogP contribution >= 0.6 is 0 Å². The average molecular weight is 217 g/mol. The zero-order valence-corrected chi connectivity index (χ0v) is 9.54. The fourth-order valence-electron chi connectivity index (χ4n) is 1.31. The Labute approximate surface area is 90.1 Å². The molecule has 1 aliphatic rings. The van der Waals surface area contributed by atoms with E-state index in [-0.39, 0.29) is 6.10 Å². The van der Waals surface area contributed by atoms with Crippen LogP contribution in [0.25, 0.3) is 0 Å². The van der Waals surface area contributed by atoms with Gasteiger partial charge in [0.2, 0.25) is 0 Å². The first-order valence-electron chi connectivity index (χ1n) is 5.26. The maximum absolute atomic E-state index is 11.1. The van der Waals surface area contributed by atoms with Gasteiger partial charge < -0.3 is 19.5 Å². The van der Waals surface area contributed by atoms with Gasteiger partial charge in [-0.1, -0.05) is 6.92 Å². The van der Waals surface area contributed by atoms with E-state index in [4.69, 9.17) is 14.2 Å². The molecule has 0 bridgehead atoms. The topological polar surface area (TPSA) is 56.8 Å². The van der Waals surface area contributed by atoms with Crippen molar-refractivity contribution in [1.29, 1.82) is 0 Å². The number of carbonyl (C=O) groups is 1. The van der Waals surface area contributed by atoms with E-state index in [1.807, 2.05) is 20.8 Å². The first kappa shape index (κ1) is 12.3. The quantitative estimate of drug-likeness (QED) is 0.770. The highest BCUT2D eigenvalue weighted by Crippen LogP contribution is 2.21. The van der Waals surface area contributed by atoms with Crippen molar-refractivity contribution in [3.05, 3.63) is 0 Å². The van der Waals surface area contributed by atoms with Gasteiger partial charge in [0, 0.05) is 6.54 Å². The zero-order chi connectivity index (χ0) is 11.3. The van der Waals surface area contributed by atoms with Gasteiger partial charge in [-0.15, -0.1) is 0 Å². The van der Waals surface area contributed by atoms with Gasteiger partial charge in [0.1, 0.15) is 6.10 Å². The van der Waals surface area contributed by atoms with E-state index in [0.29, 0.717) is 19.8 Å². The normalized spacial score (nSPS) is 23.8. The van der Waals surface area contributed by atoms with Crippen LogP contribution in [-0.4, -0.2) is 37.7 Å². The van der Waals surface area contributed by atoms with Crippen molar-refractivity contribution in [2.75, 3.05) is 19.8 Å². The third kappa shape index (κ3) is 4.48. The maximum atomic E-state index is 11.1. The molecular weight excluding hydrogens is 198 g/mol. The van der Waals surface area contributed by atoms with E-state index in [1.54, 1.807) is 0 Å². The molecule has 5 heteroatoms. The van der Waals surface area contributed by atoms with Crippen molar-refractivity contribution in [3.63, 3.8) is 0 Å². The molecule has 88 valence electrons. The Morgan fingerprint density at radius 3 is 2.87 bits per heavy atom. The Balaban J connectivity index is 2.13. The second kappa shape index (κ2) is 5.32. The van der Waals surface area contributed by atoms with Crippen LogP contribution < -0.4 is 5.32 Å². The van der Waals surface area contributed by atoms with E-state index in [1.165, 1.54) is 0 Å². The zero-order valence-electron chi connectivity index (χ0n) is 9.54. The summed E-state index contributed by atoms with van der Waals surface area (Å²) in [6.45, 7) is 7.01. The van der Waals surface area contributed by atoms with Crippen LogP contribution in [0.4, 0.5) is 4.79 Å². The molecule has 1 heterocycles. The molecule has 0 spiro atoms. The van der Waals surface area contributed by atoms with Gasteiger partial charge in [-0.25, -0.2) is 4.79 Å². The number of rotatable bonds is 4. The third-order valence-corrected chi connectivity index (χ3v) is 1.98. The minimum absolute atomic E-state index is 0.0887. The van der Waals surface area contributed by atoms with Crippen LogP contribution in [0.3, 0.4) is 0 Å².